The van der Waals surface area contributed by atoms with E-state index in [1.807, 2.05) is 22.6 Å². The number of hydrogen-bond donors (Lipinski definition) is 1. The molecule has 1 heterocycles. The second-order valence-corrected chi connectivity index (χ2v) is 5.86. The molecular weight excluding hydrogens is 360 g/mol. The minimum Gasteiger partial charge on any atom is -0.378 e. The number of hydrogen-bond acceptors (Lipinski definition) is 2. The van der Waals surface area contributed by atoms with Gasteiger partial charge in [0.1, 0.15) is 5.82 Å². The molecule has 0 saturated carbocycles. The van der Waals surface area contributed by atoms with Gasteiger partial charge in [-0.15, -0.1) is 0 Å². The number of carbonyl (C=O) groups is 1. The normalized spacial score (nSPS) is 19.2. The minimum atomic E-state index is -0.294. The van der Waals surface area contributed by atoms with Gasteiger partial charge in [-0.25, -0.2) is 4.39 Å². The smallest absolute Gasteiger partial charge is 0.224 e. The molecule has 2 rings (SSSR count). The predicted molar refractivity (Wildman–Crippen MR) is 80.6 cm³/mol. The molecular formula is C14H17FINO2. The van der Waals surface area contributed by atoms with E-state index < -0.39 is 0 Å². The van der Waals surface area contributed by atoms with E-state index in [1.54, 1.807) is 6.07 Å². The molecule has 0 bridgehead atoms. The Morgan fingerprint density at radius 1 is 1.47 bits per heavy atom. The Hall–Kier alpha value is -0.690. The Morgan fingerprint density at radius 2 is 2.32 bits per heavy atom. The third-order valence-electron chi connectivity index (χ3n) is 3.17. The summed E-state index contributed by atoms with van der Waals surface area (Å²) >= 11 is 2.01. The van der Waals surface area contributed by atoms with Crippen LogP contribution in [-0.4, -0.2) is 18.6 Å². The lowest BCUT2D eigenvalue weighted by Crippen LogP contribution is -2.22. The van der Waals surface area contributed by atoms with Crippen LogP contribution in [0.25, 0.3) is 0 Å². The van der Waals surface area contributed by atoms with Crippen LogP contribution in [0.3, 0.4) is 0 Å². The average Bonchev–Trinajstić information content (AvgIpc) is 2.41. The summed E-state index contributed by atoms with van der Waals surface area (Å²) in [5.74, 6) is -0.336. The van der Waals surface area contributed by atoms with Crippen molar-refractivity contribution in [3.05, 3.63) is 27.6 Å². The maximum absolute atomic E-state index is 12.9. The van der Waals surface area contributed by atoms with Crippen molar-refractivity contribution in [3.8, 4) is 0 Å². The van der Waals surface area contributed by atoms with Crippen LogP contribution in [0.2, 0.25) is 0 Å². The van der Waals surface area contributed by atoms with Gasteiger partial charge in [0.15, 0.2) is 0 Å². The molecule has 1 saturated heterocycles. The molecule has 1 N–H and O–H groups in total. The summed E-state index contributed by atoms with van der Waals surface area (Å²) in [5, 5.41) is 2.81. The van der Waals surface area contributed by atoms with Crippen LogP contribution in [0.1, 0.15) is 32.1 Å². The van der Waals surface area contributed by atoms with E-state index in [0.717, 1.165) is 25.9 Å². The van der Waals surface area contributed by atoms with Crippen LogP contribution < -0.4 is 5.32 Å². The number of halogens is 2. The van der Waals surface area contributed by atoms with Gasteiger partial charge in [0.2, 0.25) is 5.91 Å². The summed E-state index contributed by atoms with van der Waals surface area (Å²) in [5.41, 5.74) is 0.663. The molecule has 0 spiro atoms. The maximum Gasteiger partial charge on any atom is 0.224 e. The van der Waals surface area contributed by atoms with Gasteiger partial charge in [0.05, 0.1) is 11.8 Å². The second kappa shape index (κ2) is 7.19. The van der Waals surface area contributed by atoms with Crippen LogP contribution in [0.4, 0.5) is 10.1 Å². The number of rotatable bonds is 4. The summed E-state index contributed by atoms with van der Waals surface area (Å²) in [6.45, 7) is 0.808. The van der Waals surface area contributed by atoms with Crippen molar-refractivity contribution >= 4 is 34.2 Å². The van der Waals surface area contributed by atoms with Crippen molar-refractivity contribution in [2.45, 2.75) is 38.2 Å². The first-order valence-corrected chi connectivity index (χ1v) is 7.59. The molecule has 5 heteroatoms. The number of carbonyl (C=O) groups excluding carboxylic acids is 1. The zero-order valence-electron chi connectivity index (χ0n) is 10.6. The molecule has 1 aromatic rings. The van der Waals surface area contributed by atoms with Crippen molar-refractivity contribution in [2.75, 3.05) is 11.9 Å². The van der Waals surface area contributed by atoms with Crippen molar-refractivity contribution in [1.29, 1.82) is 0 Å². The minimum absolute atomic E-state index is 0.0429. The van der Waals surface area contributed by atoms with Crippen LogP contribution in [0.15, 0.2) is 18.2 Å². The zero-order valence-corrected chi connectivity index (χ0v) is 12.8. The lowest BCUT2D eigenvalue weighted by atomic mass is 10.0. The standard InChI is InChI=1S/C14H17FINO2/c15-10-4-6-13(12(16)9-10)17-14(18)7-5-11-3-1-2-8-19-11/h4,6,9,11H,1-3,5,7-8H2,(H,17,18). The van der Waals surface area contributed by atoms with Gasteiger partial charge in [-0.2, -0.15) is 0 Å². The first kappa shape index (κ1) is 14.7. The molecule has 1 aliphatic rings. The highest BCUT2D eigenvalue weighted by molar-refractivity contribution is 14.1. The Balaban J connectivity index is 1.80. The lowest BCUT2D eigenvalue weighted by Gasteiger charge is -2.22. The number of ether oxygens (including phenoxy) is 1. The Bertz CT molecular complexity index is 447. The van der Waals surface area contributed by atoms with Gasteiger partial charge >= 0.3 is 0 Å². The fraction of sp³-hybridized carbons (Fsp3) is 0.500. The monoisotopic (exact) mass is 377 g/mol. The molecule has 1 unspecified atom stereocenters. The molecule has 1 aromatic carbocycles. The topological polar surface area (TPSA) is 38.3 Å². The highest BCUT2D eigenvalue weighted by Gasteiger charge is 2.15. The van der Waals surface area contributed by atoms with E-state index in [4.69, 9.17) is 4.74 Å². The summed E-state index contributed by atoms with van der Waals surface area (Å²) in [7, 11) is 0. The molecule has 104 valence electrons. The quantitative estimate of drug-likeness (QED) is 0.813. The van der Waals surface area contributed by atoms with Crippen molar-refractivity contribution in [2.24, 2.45) is 0 Å². The zero-order chi connectivity index (χ0) is 13.7. The highest BCUT2D eigenvalue weighted by Crippen LogP contribution is 2.20. The van der Waals surface area contributed by atoms with Gasteiger partial charge in [0, 0.05) is 16.6 Å². The molecule has 1 amide bonds. The first-order valence-electron chi connectivity index (χ1n) is 6.51. The summed E-state index contributed by atoms with van der Waals surface area (Å²) in [6.07, 6.45) is 4.76. The van der Waals surface area contributed by atoms with E-state index in [0.29, 0.717) is 15.7 Å². The third kappa shape index (κ3) is 4.72. The second-order valence-electron chi connectivity index (χ2n) is 4.70. The fourth-order valence-electron chi connectivity index (χ4n) is 2.13. The SMILES string of the molecule is O=C(CCC1CCCCO1)Nc1ccc(F)cc1I. The highest BCUT2D eigenvalue weighted by atomic mass is 127. The number of amides is 1. The van der Waals surface area contributed by atoms with Gasteiger partial charge in [0.25, 0.3) is 0 Å². The fourth-order valence-corrected chi connectivity index (χ4v) is 2.74. The van der Waals surface area contributed by atoms with E-state index in [2.05, 4.69) is 5.32 Å². The van der Waals surface area contributed by atoms with Crippen molar-refractivity contribution in [1.82, 2.24) is 0 Å². The Labute approximate surface area is 126 Å². The van der Waals surface area contributed by atoms with Gasteiger partial charge in [-0.05, 0) is 66.5 Å². The first-order chi connectivity index (χ1) is 9.15. The molecule has 3 nitrogen and oxygen atoms in total. The third-order valence-corrected chi connectivity index (χ3v) is 4.07. The van der Waals surface area contributed by atoms with Gasteiger partial charge in [-0.3, -0.25) is 4.79 Å². The predicted octanol–water partition coefficient (Wildman–Crippen LogP) is 3.72. The van der Waals surface area contributed by atoms with E-state index in [9.17, 15) is 9.18 Å². The molecule has 1 atom stereocenters. The Kier molecular flexibility index (Phi) is 5.57. The molecule has 1 aliphatic heterocycles. The molecule has 0 aliphatic carbocycles. The average molecular weight is 377 g/mol. The van der Waals surface area contributed by atoms with Crippen molar-refractivity contribution < 1.29 is 13.9 Å². The van der Waals surface area contributed by atoms with E-state index in [-0.39, 0.29) is 17.8 Å². The molecule has 19 heavy (non-hydrogen) atoms. The summed E-state index contributed by atoms with van der Waals surface area (Å²) in [4.78, 5) is 11.8. The lowest BCUT2D eigenvalue weighted by molar-refractivity contribution is -0.117. The molecule has 1 fully saturated rings. The van der Waals surface area contributed by atoms with Gasteiger partial charge in [-0.1, -0.05) is 0 Å². The number of nitrogens with one attached hydrogen (secondary N) is 1. The van der Waals surface area contributed by atoms with Crippen molar-refractivity contribution in [3.63, 3.8) is 0 Å². The Morgan fingerprint density at radius 3 is 3.00 bits per heavy atom. The number of anilines is 1. The van der Waals surface area contributed by atoms with Crippen LogP contribution in [0.5, 0.6) is 0 Å². The molecule has 0 radical (unpaired) electrons. The van der Waals surface area contributed by atoms with Crippen LogP contribution >= 0.6 is 22.6 Å². The van der Waals surface area contributed by atoms with Crippen LogP contribution in [0, 0.1) is 9.39 Å². The largest absolute Gasteiger partial charge is 0.378 e. The maximum atomic E-state index is 12.9. The van der Waals surface area contributed by atoms with E-state index >= 15 is 0 Å². The van der Waals surface area contributed by atoms with Crippen LogP contribution in [-0.2, 0) is 9.53 Å². The van der Waals surface area contributed by atoms with E-state index in [1.165, 1.54) is 18.6 Å². The number of benzene rings is 1. The molecule has 0 aromatic heterocycles. The summed E-state index contributed by atoms with van der Waals surface area (Å²) in [6, 6.07) is 4.34. The van der Waals surface area contributed by atoms with Gasteiger partial charge < -0.3 is 10.1 Å². The summed E-state index contributed by atoms with van der Waals surface area (Å²) < 4.78 is 19.2.